The Kier molecular flexibility index (Phi) is 13.3. The highest BCUT2D eigenvalue weighted by Gasteiger charge is 2.12. The Bertz CT molecular complexity index is 151. The molecule has 0 aliphatic rings. The molecule has 0 aromatic heterocycles. The highest BCUT2D eigenvalue weighted by Crippen LogP contribution is 2.05. The maximum atomic E-state index is 3.71. The lowest BCUT2D eigenvalue weighted by Gasteiger charge is -2.28. The molecule has 2 nitrogen and oxygen atoms in total. The minimum Gasteiger partial charge on any atom is -0.313 e. The van der Waals surface area contributed by atoms with Gasteiger partial charge in [0.05, 0.1) is 0 Å². The van der Waals surface area contributed by atoms with Gasteiger partial charge in [0.15, 0.2) is 0 Å². The molecule has 0 bridgehead atoms. The highest BCUT2D eigenvalue weighted by atomic mass is 15.1. The van der Waals surface area contributed by atoms with E-state index in [1.807, 2.05) is 0 Å². The lowest BCUT2D eigenvalue weighted by Crippen LogP contribution is -2.42. The van der Waals surface area contributed by atoms with Crippen LogP contribution < -0.4 is 5.32 Å². The van der Waals surface area contributed by atoms with Crippen LogP contribution in [0.25, 0.3) is 0 Å². The van der Waals surface area contributed by atoms with Crippen LogP contribution in [0.1, 0.15) is 72.6 Å². The SMILES string of the molecule is CCCCN(CCCC)CC(CCC)NCCC. The largest absolute Gasteiger partial charge is 0.313 e. The number of nitrogens with one attached hydrogen (secondary N) is 1. The van der Waals surface area contributed by atoms with Crippen LogP contribution in [0.3, 0.4) is 0 Å². The molecule has 0 spiro atoms. The molecule has 1 atom stereocenters. The van der Waals surface area contributed by atoms with Gasteiger partial charge in [0.1, 0.15) is 0 Å². The van der Waals surface area contributed by atoms with Crippen LogP contribution in [0.2, 0.25) is 0 Å². The molecular formula is C16H36N2. The second kappa shape index (κ2) is 13.4. The van der Waals surface area contributed by atoms with E-state index in [0.717, 1.165) is 0 Å². The molecule has 0 saturated heterocycles. The molecule has 0 aromatic rings. The van der Waals surface area contributed by atoms with Gasteiger partial charge in [-0.3, -0.25) is 0 Å². The Labute approximate surface area is 116 Å². The summed E-state index contributed by atoms with van der Waals surface area (Å²) in [4.78, 5) is 2.68. The standard InChI is InChI=1S/C16H36N2/c1-5-9-13-18(14-10-6-2)15-16(11-7-3)17-12-8-4/h16-17H,5-15H2,1-4H3. The van der Waals surface area contributed by atoms with E-state index < -0.39 is 0 Å². The minimum atomic E-state index is 0.698. The second-order valence-corrected chi connectivity index (χ2v) is 5.45. The molecule has 18 heavy (non-hydrogen) atoms. The minimum absolute atomic E-state index is 0.698. The Balaban J connectivity index is 4.09. The molecule has 0 aromatic carbocycles. The number of nitrogens with zero attached hydrogens (tertiary/aromatic N) is 1. The zero-order valence-electron chi connectivity index (χ0n) is 13.3. The van der Waals surface area contributed by atoms with Gasteiger partial charge in [-0.05, 0) is 45.3 Å². The van der Waals surface area contributed by atoms with Crippen molar-refractivity contribution in [3.63, 3.8) is 0 Å². The summed E-state index contributed by atoms with van der Waals surface area (Å²) >= 11 is 0. The van der Waals surface area contributed by atoms with Crippen molar-refractivity contribution in [1.82, 2.24) is 10.2 Å². The number of hydrogen-bond donors (Lipinski definition) is 1. The first-order chi connectivity index (χ1) is 8.78. The summed E-state index contributed by atoms with van der Waals surface area (Å²) in [5.74, 6) is 0. The second-order valence-electron chi connectivity index (χ2n) is 5.45. The summed E-state index contributed by atoms with van der Waals surface area (Å²) in [6, 6.07) is 0.698. The quantitative estimate of drug-likeness (QED) is 0.534. The topological polar surface area (TPSA) is 15.3 Å². The zero-order valence-corrected chi connectivity index (χ0v) is 13.3. The predicted molar refractivity (Wildman–Crippen MR) is 83.2 cm³/mol. The monoisotopic (exact) mass is 256 g/mol. The molecule has 110 valence electrons. The first-order valence-corrected chi connectivity index (χ1v) is 8.24. The van der Waals surface area contributed by atoms with E-state index in [4.69, 9.17) is 0 Å². The third-order valence-corrected chi connectivity index (χ3v) is 3.45. The van der Waals surface area contributed by atoms with E-state index in [0.29, 0.717) is 6.04 Å². The lowest BCUT2D eigenvalue weighted by atomic mass is 10.1. The summed E-state index contributed by atoms with van der Waals surface area (Å²) < 4.78 is 0. The van der Waals surface area contributed by atoms with E-state index in [9.17, 15) is 0 Å². The molecule has 1 unspecified atom stereocenters. The summed E-state index contributed by atoms with van der Waals surface area (Å²) in [5.41, 5.74) is 0. The average molecular weight is 256 g/mol. The van der Waals surface area contributed by atoms with Crippen molar-refractivity contribution in [2.75, 3.05) is 26.2 Å². The molecule has 2 heteroatoms. The molecule has 0 rings (SSSR count). The van der Waals surface area contributed by atoms with Crippen LogP contribution in [-0.2, 0) is 0 Å². The first kappa shape index (κ1) is 17.9. The van der Waals surface area contributed by atoms with E-state index in [1.54, 1.807) is 0 Å². The number of rotatable bonds is 13. The van der Waals surface area contributed by atoms with E-state index in [-0.39, 0.29) is 0 Å². The van der Waals surface area contributed by atoms with Gasteiger partial charge in [0, 0.05) is 12.6 Å². The van der Waals surface area contributed by atoms with Crippen molar-refractivity contribution < 1.29 is 0 Å². The van der Waals surface area contributed by atoms with Crippen LogP contribution in [0.4, 0.5) is 0 Å². The Morgan fingerprint density at radius 2 is 1.44 bits per heavy atom. The number of unbranched alkanes of at least 4 members (excludes halogenated alkanes) is 2. The molecule has 0 saturated carbocycles. The third-order valence-electron chi connectivity index (χ3n) is 3.45. The molecule has 0 fully saturated rings. The number of hydrogen-bond acceptors (Lipinski definition) is 2. The van der Waals surface area contributed by atoms with Gasteiger partial charge in [-0.2, -0.15) is 0 Å². The van der Waals surface area contributed by atoms with Crippen molar-refractivity contribution in [2.24, 2.45) is 0 Å². The van der Waals surface area contributed by atoms with Crippen molar-refractivity contribution in [3.8, 4) is 0 Å². The van der Waals surface area contributed by atoms with Crippen LogP contribution in [0.15, 0.2) is 0 Å². The van der Waals surface area contributed by atoms with Crippen LogP contribution >= 0.6 is 0 Å². The smallest absolute Gasteiger partial charge is 0.0194 e. The van der Waals surface area contributed by atoms with Gasteiger partial charge in [-0.15, -0.1) is 0 Å². The molecule has 1 N–H and O–H groups in total. The summed E-state index contributed by atoms with van der Waals surface area (Å²) in [7, 11) is 0. The maximum absolute atomic E-state index is 3.71. The Morgan fingerprint density at radius 3 is 1.89 bits per heavy atom. The molecule has 0 amide bonds. The van der Waals surface area contributed by atoms with Crippen LogP contribution in [0, 0.1) is 0 Å². The fourth-order valence-corrected chi connectivity index (χ4v) is 2.32. The molecule has 0 aliphatic heterocycles. The third kappa shape index (κ3) is 9.90. The van der Waals surface area contributed by atoms with E-state index in [2.05, 4.69) is 37.9 Å². The van der Waals surface area contributed by atoms with E-state index >= 15 is 0 Å². The van der Waals surface area contributed by atoms with Crippen LogP contribution in [0.5, 0.6) is 0 Å². The van der Waals surface area contributed by atoms with Gasteiger partial charge in [0.25, 0.3) is 0 Å². The normalized spacial score (nSPS) is 13.2. The summed E-state index contributed by atoms with van der Waals surface area (Å²) in [6.07, 6.45) is 9.15. The predicted octanol–water partition coefficient (Wildman–Crippen LogP) is 4.06. The summed E-state index contributed by atoms with van der Waals surface area (Å²) in [6.45, 7) is 14.1. The van der Waals surface area contributed by atoms with Gasteiger partial charge in [0.2, 0.25) is 0 Å². The Hall–Kier alpha value is -0.0800. The molecule has 0 heterocycles. The fourth-order valence-electron chi connectivity index (χ4n) is 2.32. The van der Waals surface area contributed by atoms with E-state index in [1.165, 1.54) is 71.1 Å². The lowest BCUT2D eigenvalue weighted by molar-refractivity contribution is 0.229. The fraction of sp³-hybridized carbons (Fsp3) is 1.00. The van der Waals surface area contributed by atoms with Gasteiger partial charge in [-0.1, -0.05) is 47.0 Å². The molecule has 0 aliphatic carbocycles. The van der Waals surface area contributed by atoms with Gasteiger partial charge < -0.3 is 10.2 Å². The first-order valence-electron chi connectivity index (χ1n) is 8.24. The van der Waals surface area contributed by atoms with Crippen LogP contribution in [-0.4, -0.2) is 37.1 Å². The maximum Gasteiger partial charge on any atom is 0.0194 e. The van der Waals surface area contributed by atoms with Crippen molar-refractivity contribution >= 4 is 0 Å². The highest BCUT2D eigenvalue weighted by molar-refractivity contribution is 4.72. The van der Waals surface area contributed by atoms with Gasteiger partial charge >= 0.3 is 0 Å². The Morgan fingerprint density at radius 1 is 0.833 bits per heavy atom. The molecular weight excluding hydrogens is 220 g/mol. The average Bonchev–Trinajstić information content (AvgIpc) is 2.39. The summed E-state index contributed by atoms with van der Waals surface area (Å²) in [5, 5.41) is 3.71. The zero-order chi connectivity index (χ0) is 13.6. The van der Waals surface area contributed by atoms with Gasteiger partial charge in [-0.25, -0.2) is 0 Å². The van der Waals surface area contributed by atoms with Crippen molar-refractivity contribution in [3.05, 3.63) is 0 Å². The molecule has 0 radical (unpaired) electrons. The van der Waals surface area contributed by atoms with Crippen molar-refractivity contribution in [1.29, 1.82) is 0 Å². The van der Waals surface area contributed by atoms with Crippen molar-refractivity contribution in [2.45, 2.75) is 78.7 Å².